The molecule has 0 fully saturated rings. The van der Waals surface area contributed by atoms with Gasteiger partial charge in [-0.25, -0.2) is 0 Å². The molecular weight excluding hydrogens is 673 g/mol. The van der Waals surface area contributed by atoms with E-state index in [2.05, 4.69) is 69.3 Å². The first kappa shape index (κ1) is 31.6. The van der Waals surface area contributed by atoms with E-state index in [4.69, 9.17) is 9.97 Å². The van der Waals surface area contributed by atoms with Crippen molar-refractivity contribution in [3.63, 3.8) is 0 Å². The Hall–Kier alpha value is -2.88. The number of carbonyl (C=O) groups excluding carboxylic acids is 1. The zero-order valence-corrected chi connectivity index (χ0v) is 27.2. The van der Waals surface area contributed by atoms with Gasteiger partial charge >= 0.3 is 0 Å². The van der Waals surface area contributed by atoms with E-state index in [1.165, 1.54) is 28.0 Å². The predicted molar refractivity (Wildman–Crippen MR) is 162 cm³/mol. The van der Waals surface area contributed by atoms with Crippen molar-refractivity contribution in [2.75, 3.05) is 0 Å². The molecule has 1 aliphatic carbocycles. The number of fused-ring (bicyclic) bond motifs is 3. The molecule has 1 heterocycles. The molecule has 0 unspecified atom stereocenters. The summed E-state index contributed by atoms with van der Waals surface area (Å²) in [5.41, 5.74) is 7.34. The minimum absolute atomic E-state index is 0. The van der Waals surface area contributed by atoms with Gasteiger partial charge in [-0.05, 0) is 50.3 Å². The first-order valence-corrected chi connectivity index (χ1v) is 14.3. The zero-order valence-electron chi connectivity index (χ0n) is 24.8. The van der Waals surface area contributed by atoms with Crippen molar-refractivity contribution >= 4 is 27.6 Å². The number of aryl methyl sites for hydroxylation is 1. The number of nitrogens with zero attached hydrogens (tertiary/aromatic N) is 2. The minimum atomic E-state index is -0.179. The van der Waals surface area contributed by atoms with Crippen molar-refractivity contribution in [1.82, 2.24) is 9.97 Å². The van der Waals surface area contributed by atoms with E-state index in [0.717, 1.165) is 53.7 Å². The number of aromatic nitrogens is 2. The van der Waals surface area contributed by atoms with Crippen molar-refractivity contribution in [3.05, 3.63) is 83.3 Å². The molecule has 1 aliphatic rings. The Morgan fingerprint density at radius 2 is 1.62 bits per heavy atom. The zero-order chi connectivity index (χ0) is 28.3. The van der Waals surface area contributed by atoms with Gasteiger partial charge in [0.2, 0.25) is 0 Å². The Kier molecular flexibility index (Phi) is 10.4. The smallest absolute Gasteiger partial charge is 0.162 e. The van der Waals surface area contributed by atoms with E-state index in [9.17, 15) is 9.90 Å². The van der Waals surface area contributed by atoms with Gasteiger partial charge in [0.1, 0.15) is 0 Å². The SMILES string of the molecule is CCC(CC)C(=O)/C=C(\O)C(CC)CC.Cc1ccc2nc3c(nc2c1)C(C)(C)c1cccc2cc[c-]c-3c12.[Ir]. The minimum Gasteiger partial charge on any atom is -0.512 e. The molecule has 5 heteroatoms. The van der Waals surface area contributed by atoms with Gasteiger partial charge in [-0.1, -0.05) is 76.8 Å². The maximum absolute atomic E-state index is 11.7. The van der Waals surface area contributed by atoms with Gasteiger partial charge in [0.15, 0.2) is 5.78 Å². The van der Waals surface area contributed by atoms with Gasteiger partial charge in [-0.3, -0.25) is 14.8 Å². The fraction of sp³-hybridized carbons (Fsp3) is 0.400. The van der Waals surface area contributed by atoms with Crippen molar-refractivity contribution in [1.29, 1.82) is 0 Å². The fourth-order valence-electron chi connectivity index (χ4n) is 5.66. The number of rotatable bonds is 7. The number of carbonyl (C=O) groups is 1. The molecule has 1 radical (unpaired) electrons. The molecule has 0 saturated carbocycles. The largest absolute Gasteiger partial charge is 0.512 e. The van der Waals surface area contributed by atoms with Gasteiger partial charge in [0.25, 0.3) is 0 Å². The number of benzene rings is 3. The Balaban J connectivity index is 0.000000243. The molecule has 3 aromatic carbocycles. The average Bonchev–Trinajstić information content (AvgIpc) is 2.92. The van der Waals surface area contributed by atoms with Gasteiger partial charge < -0.3 is 5.11 Å². The maximum atomic E-state index is 11.7. The summed E-state index contributed by atoms with van der Waals surface area (Å²) in [6.07, 6.45) is 4.91. The summed E-state index contributed by atoms with van der Waals surface area (Å²) in [7, 11) is 0. The Morgan fingerprint density at radius 3 is 2.27 bits per heavy atom. The van der Waals surface area contributed by atoms with Crippen LogP contribution in [-0.2, 0) is 30.3 Å². The molecule has 0 spiro atoms. The summed E-state index contributed by atoms with van der Waals surface area (Å²) in [5.74, 6) is 0.547. The van der Waals surface area contributed by atoms with Gasteiger partial charge in [-0.15, -0.1) is 29.1 Å². The van der Waals surface area contributed by atoms with Crippen LogP contribution < -0.4 is 0 Å². The van der Waals surface area contributed by atoms with Gasteiger partial charge in [0, 0.05) is 54.8 Å². The summed E-state index contributed by atoms with van der Waals surface area (Å²) >= 11 is 0. The van der Waals surface area contributed by atoms with E-state index in [0.29, 0.717) is 0 Å². The van der Waals surface area contributed by atoms with Crippen LogP contribution in [0.25, 0.3) is 33.1 Å². The second-order valence-corrected chi connectivity index (χ2v) is 11.2. The number of hydrogen-bond donors (Lipinski definition) is 1. The molecule has 1 N–H and O–H groups in total. The maximum Gasteiger partial charge on any atom is 0.162 e. The van der Waals surface area contributed by atoms with E-state index < -0.39 is 0 Å². The van der Waals surface area contributed by atoms with Crippen LogP contribution in [-0.4, -0.2) is 20.9 Å². The van der Waals surface area contributed by atoms with E-state index in [1.54, 1.807) is 0 Å². The van der Waals surface area contributed by atoms with Crippen LogP contribution in [0.4, 0.5) is 0 Å². The third kappa shape index (κ3) is 6.06. The monoisotopic (exact) mass is 714 g/mol. The van der Waals surface area contributed by atoms with E-state index in [-0.39, 0.29) is 48.9 Å². The molecule has 0 saturated heterocycles. The van der Waals surface area contributed by atoms with Gasteiger partial charge in [0.05, 0.1) is 16.8 Å². The summed E-state index contributed by atoms with van der Waals surface area (Å²) in [6, 6.07) is 20.3. The molecular formula is C35H41IrN2O2-. The molecule has 0 aliphatic heterocycles. The topological polar surface area (TPSA) is 63.1 Å². The predicted octanol–water partition coefficient (Wildman–Crippen LogP) is 9.07. The first-order chi connectivity index (χ1) is 18.7. The van der Waals surface area contributed by atoms with Crippen molar-refractivity contribution < 1.29 is 30.0 Å². The van der Waals surface area contributed by atoms with Crippen LogP contribution >= 0.6 is 0 Å². The van der Waals surface area contributed by atoms with Gasteiger partial charge in [-0.2, -0.15) is 0 Å². The Bertz CT molecular complexity index is 1530. The first-order valence-electron chi connectivity index (χ1n) is 14.3. The molecule has 1 aromatic heterocycles. The number of hydrogen-bond acceptors (Lipinski definition) is 4. The quantitative estimate of drug-likeness (QED) is 0.118. The van der Waals surface area contributed by atoms with Crippen molar-refractivity contribution in [2.45, 2.75) is 79.6 Å². The van der Waals surface area contributed by atoms with Crippen LogP contribution in [0.3, 0.4) is 0 Å². The molecule has 0 amide bonds. The van der Waals surface area contributed by atoms with E-state index >= 15 is 0 Å². The summed E-state index contributed by atoms with van der Waals surface area (Å²) in [4.78, 5) is 21.7. The third-order valence-electron chi connectivity index (χ3n) is 8.24. The average molecular weight is 714 g/mol. The Labute approximate surface area is 252 Å². The van der Waals surface area contributed by atoms with Crippen LogP contribution in [0.15, 0.2) is 60.4 Å². The molecule has 40 heavy (non-hydrogen) atoms. The molecule has 4 nitrogen and oxygen atoms in total. The number of aliphatic hydroxyl groups is 1. The van der Waals surface area contributed by atoms with Crippen molar-refractivity contribution in [3.8, 4) is 11.3 Å². The second-order valence-electron chi connectivity index (χ2n) is 11.2. The normalized spacial score (nSPS) is 13.6. The summed E-state index contributed by atoms with van der Waals surface area (Å²) in [6.45, 7) is 14.6. The second kappa shape index (κ2) is 13.2. The fourth-order valence-corrected chi connectivity index (χ4v) is 5.66. The summed E-state index contributed by atoms with van der Waals surface area (Å²) < 4.78 is 0. The van der Waals surface area contributed by atoms with Crippen molar-refractivity contribution in [2.24, 2.45) is 11.8 Å². The number of ketones is 1. The standard InChI is InChI=1S/C22H17N2.C13H24O2.Ir/c1-13-10-11-17-18(12-13)24-21-20(23-17)15-8-4-6-14-7-5-9-16(19(14)15)22(21,2)3;1-5-10(6-2)12(14)9-13(15)11(7-3)8-4;/h4-7,9-12H,1-3H3;9-11,14H,5-8H2,1-4H3;/q-1;;/b;12-9-;. The van der Waals surface area contributed by atoms with Crippen LogP contribution in [0.2, 0.25) is 0 Å². The third-order valence-corrected chi connectivity index (χ3v) is 8.24. The van der Waals surface area contributed by atoms with Crippen LogP contribution in [0.1, 0.15) is 84.0 Å². The van der Waals surface area contributed by atoms with Crippen LogP contribution in [0, 0.1) is 24.8 Å². The van der Waals surface area contributed by atoms with Crippen LogP contribution in [0.5, 0.6) is 0 Å². The number of aliphatic hydroxyl groups excluding tert-OH is 1. The molecule has 5 rings (SSSR count). The van der Waals surface area contributed by atoms with E-state index in [1.807, 2.05) is 33.8 Å². The summed E-state index contributed by atoms with van der Waals surface area (Å²) in [5, 5.41) is 12.3. The Morgan fingerprint density at radius 1 is 0.950 bits per heavy atom. The molecule has 0 bridgehead atoms. The molecule has 0 atom stereocenters. The number of allylic oxidation sites excluding steroid dienone is 2. The molecule has 213 valence electrons. The molecule has 4 aromatic rings.